The number of rotatable bonds is 5. The van der Waals surface area contributed by atoms with Gasteiger partial charge in [0, 0.05) is 24.3 Å². The molecule has 1 heterocycles. The molecule has 1 aromatic rings. The summed E-state index contributed by atoms with van der Waals surface area (Å²) in [6.07, 6.45) is -2.64. The Labute approximate surface area is 110 Å². The van der Waals surface area contributed by atoms with Crippen molar-refractivity contribution >= 4 is 21.8 Å². The molecule has 0 aliphatic rings. The minimum atomic E-state index is -4.34. The van der Waals surface area contributed by atoms with E-state index in [0.29, 0.717) is 5.69 Å². The van der Waals surface area contributed by atoms with Gasteiger partial charge in [-0.3, -0.25) is 4.79 Å². The van der Waals surface area contributed by atoms with Gasteiger partial charge in [-0.15, -0.1) is 0 Å². The van der Waals surface area contributed by atoms with Gasteiger partial charge in [-0.05, 0) is 22.0 Å². The van der Waals surface area contributed by atoms with Gasteiger partial charge in [-0.1, -0.05) is 0 Å². The fourth-order valence-corrected chi connectivity index (χ4v) is 1.79. The number of aromatic nitrogens is 1. The summed E-state index contributed by atoms with van der Waals surface area (Å²) in [7, 11) is 1.69. The first kappa shape index (κ1) is 15.0. The van der Waals surface area contributed by atoms with E-state index in [1.54, 1.807) is 23.9 Å². The van der Waals surface area contributed by atoms with Crippen molar-refractivity contribution in [1.82, 2.24) is 9.88 Å². The summed E-state index contributed by atoms with van der Waals surface area (Å²) in [5.41, 5.74) is 0.415. The Morgan fingerprint density at radius 1 is 1.56 bits per heavy atom. The highest BCUT2D eigenvalue weighted by Gasteiger charge is 2.27. The molecule has 0 aromatic carbocycles. The Kier molecular flexibility index (Phi) is 5.21. The number of amides is 1. The van der Waals surface area contributed by atoms with Crippen LogP contribution in [0.1, 0.15) is 10.5 Å². The number of carbonyl (C=O) groups is 1. The van der Waals surface area contributed by atoms with Gasteiger partial charge in [0.1, 0.15) is 12.3 Å². The highest BCUT2D eigenvalue weighted by atomic mass is 79.9. The van der Waals surface area contributed by atoms with Crippen LogP contribution in [0, 0.1) is 0 Å². The number of aryl methyl sites for hydroxylation is 1. The number of hydrogen-bond donors (Lipinski definition) is 1. The molecule has 0 atom stereocenters. The highest BCUT2D eigenvalue weighted by molar-refractivity contribution is 9.10. The lowest BCUT2D eigenvalue weighted by atomic mass is 10.4. The van der Waals surface area contributed by atoms with Crippen molar-refractivity contribution in [3.63, 3.8) is 0 Å². The maximum atomic E-state index is 11.7. The van der Waals surface area contributed by atoms with E-state index in [0.717, 1.165) is 4.47 Å². The van der Waals surface area contributed by atoms with E-state index >= 15 is 0 Å². The van der Waals surface area contributed by atoms with Crippen LogP contribution in [0.5, 0.6) is 0 Å². The van der Waals surface area contributed by atoms with Crippen molar-refractivity contribution < 1.29 is 22.7 Å². The quantitative estimate of drug-likeness (QED) is 0.841. The smallest absolute Gasteiger partial charge is 0.370 e. The first-order valence-corrected chi connectivity index (χ1v) is 5.83. The van der Waals surface area contributed by atoms with Crippen LogP contribution in [0.2, 0.25) is 0 Å². The fraction of sp³-hybridized carbons (Fsp3) is 0.500. The summed E-state index contributed by atoms with van der Waals surface area (Å²) >= 11 is 3.22. The van der Waals surface area contributed by atoms with Crippen molar-refractivity contribution in [3.05, 3.63) is 22.4 Å². The van der Waals surface area contributed by atoms with Gasteiger partial charge in [0.05, 0.1) is 6.61 Å². The fourth-order valence-electron chi connectivity index (χ4n) is 1.27. The molecule has 4 nitrogen and oxygen atoms in total. The predicted molar refractivity (Wildman–Crippen MR) is 62.3 cm³/mol. The molecular formula is C10H12BrF3N2O2. The largest absolute Gasteiger partial charge is 0.411 e. The summed E-state index contributed by atoms with van der Waals surface area (Å²) in [4.78, 5) is 11.6. The second-order valence-electron chi connectivity index (χ2n) is 3.58. The van der Waals surface area contributed by atoms with Crippen molar-refractivity contribution in [3.8, 4) is 0 Å². The van der Waals surface area contributed by atoms with Crippen LogP contribution < -0.4 is 5.32 Å². The number of nitrogens with zero attached hydrogens (tertiary/aromatic N) is 1. The molecule has 18 heavy (non-hydrogen) atoms. The van der Waals surface area contributed by atoms with E-state index in [1.807, 2.05) is 0 Å². The summed E-state index contributed by atoms with van der Waals surface area (Å²) < 4.78 is 41.9. The monoisotopic (exact) mass is 328 g/mol. The van der Waals surface area contributed by atoms with Crippen molar-refractivity contribution in [2.45, 2.75) is 6.18 Å². The summed E-state index contributed by atoms with van der Waals surface area (Å²) in [5.74, 6) is -0.362. The zero-order chi connectivity index (χ0) is 13.8. The van der Waals surface area contributed by atoms with Crippen molar-refractivity contribution in [2.24, 2.45) is 7.05 Å². The first-order chi connectivity index (χ1) is 8.29. The predicted octanol–water partition coefficient (Wildman–Crippen LogP) is 2.10. The average molecular weight is 329 g/mol. The number of alkyl halides is 3. The standard InChI is InChI=1S/C10H12BrF3N2O2/c1-16-5-7(11)4-8(16)9(17)15-2-3-18-6-10(12,13)14/h4-5H,2-3,6H2,1H3,(H,15,17). The number of ether oxygens (including phenoxy) is 1. The molecule has 0 unspecified atom stereocenters. The molecule has 0 radical (unpaired) electrons. The van der Waals surface area contributed by atoms with Crippen LogP contribution in [0.15, 0.2) is 16.7 Å². The van der Waals surface area contributed by atoms with Crippen LogP contribution in [0.4, 0.5) is 13.2 Å². The zero-order valence-electron chi connectivity index (χ0n) is 9.55. The third-order valence-electron chi connectivity index (χ3n) is 2.00. The van der Waals surface area contributed by atoms with Crippen molar-refractivity contribution in [2.75, 3.05) is 19.8 Å². The summed E-state index contributed by atoms with van der Waals surface area (Å²) in [5, 5.41) is 2.47. The van der Waals surface area contributed by atoms with Crippen LogP contribution in [0.3, 0.4) is 0 Å². The Hall–Kier alpha value is -1.02. The molecule has 0 saturated carbocycles. The van der Waals surface area contributed by atoms with E-state index in [4.69, 9.17) is 0 Å². The maximum Gasteiger partial charge on any atom is 0.411 e. The molecule has 1 amide bonds. The molecule has 1 N–H and O–H groups in total. The average Bonchev–Trinajstić information content (AvgIpc) is 2.55. The van der Waals surface area contributed by atoms with Gasteiger partial charge in [0.2, 0.25) is 0 Å². The molecule has 0 bridgehead atoms. The molecular weight excluding hydrogens is 317 g/mol. The van der Waals surface area contributed by atoms with E-state index in [2.05, 4.69) is 26.0 Å². The van der Waals surface area contributed by atoms with Gasteiger partial charge in [-0.2, -0.15) is 13.2 Å². The molecule has 1 rings (SSSR count). The van der Waals surface area contributed by atoms with Gasteiger partial charge in [0.15, 0.2) is 0 Å². The maximum absolute atomic E-state index is 11.7. The van der Waals surface area contributed by atoms with Crippen LogP contribution in [-0.2, 0) is 11.8 Å². The van der Waals surface area contributed by atoms with Crippen LogP contribution >= 0.6 is 15.9 Å². The molecule has 0 aliphatic heterocycles. The van der Waals surface area contributed by atoms with Gasteiger partial charge >= 0.3 is 6.18 Å². The molecule has 8 heteroatoms. The van der Waals surface area contributed by atoms with Gasteiger partial charge in [0.25, 0.3) is 5.91 Å². The molecule has 0 fully saturated rings. The summed E-state index contributed by atoms with van der Waals surface area (Å²) in [6, 6.07) is 1.62. The van der Waals surface area contributed by atoms with Crippen LogP contribution in [0.25, 0.3) is 0 Å². The van der Waals surface area contributed by atoms with E-state index in [-0.39, 0.29) is 19.1 Å². The minimum Gasteiger partial charge on any atom is -0.370 e. The van der Waals surface area contributed by atoms with E-state index in [1.165, 1.54) is 0 Å². The molecule has 0 saturated heterocycles. The molecule has 1 aromatic heterocycles. The Morgan fingerprint density at radius 3 is 2.72 bits per heavy atom. The lowest BCUT2D eigenvalue weighted by molar-refractivity contribution is -0.173. The molecule has 102 valence electrons. The SMILES string of the molecule is Cn1cc(Br)cc1C(=O)NCCOCC(F)(F)F. The normalized spacial score (nSPS) is 11.6. The van der Waals surface area contributed by atoms with Gasteiger partial charge < -0.3 is 14.6 Å². The first-order valence-electron chi connectivity index (χ1n) is 5.04. The van der Waals surface area contributed by atoms with Gasteiger partial charge in [-0.25, -0.2) is 0 Å². The number of hydrogen-bond acceptors (Lipinski definition) is 2. The number of halogens is 4. The lowest BCUT2D eigenvalue weighted by Gasteiger charge is -2.08. The Bertz CT molecular complexity index is 418. The highest BCUT2D eigenvalue weighted by Crippen LogP contribution is 2.14. The Morgan fingerprint density at radius 2 is 2.22 bits per heavy atom. The molecule has 0 spiro atoms. The third kappa shape index (κ3) is 5.09. The van der Waals surface area contributed by atoms with E-state index < -0.39 is 12.8 Å². The minimum absolute atomic E-state index is 0.0255. The second kappa shape index (κ2) is 6.24. The third-order valence-corrected chi connectivity index (χ3v) is 2.44. The zero-order valence-corrected chi connectivity index (χ0v) is 11.1. The summed E-state index contributed by atoms with van der Waals surface area (Å²) in [6.45, 7) is -1.47. The second-order valence-corrected chi connectivity index (χ2v) is 4.49. The topological polar surface area (TPSA) is 43.3 Å². The Balaban J connectivity index is 2.28. The number of carbonyl (C=O) groups excluding carboxylic acids is 1. The van der Waals surface area contributed by atoms with Crippen molar-refractivity contribution in [1.29, 1.82) is 0 Å². The lowest BCUT2D eigenvalue weighted by Crippen LogP contribution is -2.30. The number of nitrogens with one attached hydrogen (secondary N) is 1. The van der Waals surface area contributed by atoms with E-state index in [9.17, 15) is 18.0 Å². The molecule has 0 aliphatic carbocycles. The van der Waals surface area contributed by atoms with Crippen LogP contribution in [-0.4, -0.2) is 36.4 Å².